The monoisotopic (exact) mass is 402 g/mol. The first-order chi connectivity index (χ1) is 8.93. The van der Waals surface area contributed by atoms with Gasteiger partial charge >= 0.3 is 130 Å². The fourth-order valence-corrected chi connectivity index (χ4v) is 13.7. The second-order valence-electron chi connectivity index (χ2n) is 5.46. The van der Waals surface area contributed by atoms with Crippen LogP contribution >= 0.6 is 4.20 Å². The minimum absolute atomic E-state index is 0.296. The molecule has 1 unspecified atom stereocenters. The molecule has 0 saturated heterocycles. The first kappa shape index (κ1) is 15.3. The van der Waals surface area contributed by atoms with Gasteiger partial charge in [-0.2, -0.15) is 0 Å². The van der Waals surface area contributed by atoms with Crippen molar-refractivity contribution in [2.24, 2.45) is 0 Å². The van der Waals surface area contributed by atoms with Crippen molar-refractivity contribution in [2.45, 2.75) is 25.9 Å². The van der Waals surface area contributed by atoms with Crippen molar-refractivity contribution in [3.63, 3.8) is 0 Å². The molecule has 0 radical (unpaired) electrons. The molecule has 0 aliphatic heterocycles. The molecule has 1 atom stereocenters. The summed E-state index contributed by atoms with van der Waals surface area (Å²) in [6, 6.07) is 21.9. The summed E-state index contributed by atoms with van der Waals surface area (Å²) >= 11 is 4.10. The Morgan fingerprint density at radius 3 is 1.79 bits per heavy atom. The predicted molar refractivity (Wildman–Crippen MR) is 90.3 cm³/mol. The van der Waals surface area contributed by atoms with E-state index in [1.54, 1.807) is 0 Å². The third-order valence-electron chi connectivity index (χ3n) is 2.96. The van der Waals surface area contributed by atoms with Gasteiger partial charge in [0.2, 0.25) is 0 Å². The molecule has 2 aromatic carbocycles. The SMILES string of the molecule is CC(C)(C)P(=[Se])([Se]c1ccccc1)c1ccccc1. The topological polar surface area (TPSA) is 0 Å². The van der Waals surface area contributed by atoms with Crippen LogP contribution in [0.15, 0.2) is 60.7 Å². The van der Waals surface area contributed by atoms with Crippen molar-refractivity contribution >= 4 is 43.6 Å². The molecule has 19 heavy (non-hydrogen) atoms. The average Bonchev–Trinajstić information content (AvgIpc) is 2.39. The van der Waals surface area contributed by atoms with Crippen LogP contribution in [-0.2, 0) is 0 Å². The van der Waals surface area contributed by atoms with Crippen LogP contribution in [0, 0.1) is 0 Å². The summed E-state index contributed by atoms with van der Waals surface area (Å²) in [5.74, 6) is 0. The molecule has 0 bridgehead atoms. The average molecular weight is 400 g/mol. The molecule has 2 aromatic rings. The second-order valence-corrected chi connectivity index (χ2v) is 21.2. The van der Waals surface area contributed by atoms with E-state index in [1.807, 2.05) is 0 Å². The first-order valence-corrected chi connectivity index (χ1v) is 13.4. The van der Waals surface area contributed by atoms with Crippen LogP contribution in [0.5, 0.6) is 0 Å². The van der Waals surface area contributed by atoms with Gasteiger partial charge in [0.15, 0.2) is 0 Å². The summed E-state index contributed by atoms with van der Waals surface area (Å²) in [6.45, 7) is 7.11. The molecule has 2 rings (SSSR count). The fourth-order valence-electron chi connectivity index (χ4n) is 1.83. The van der Waals surface area contributed by atoms with Crippen LogP contribution in [0.1, 0.15) is 20.8 Å². The van der Waals surface area contributed by atoms with Gasteiger partial charge in [-0.25, -0.2) is 0 Å². The van der Waals surface area contributed by atoms with E-state index in [4.69, 9.17) is 0 Å². The third-order valence-corrected chi connectivity index (χ3v) is 21.7. The van der Waals surface area contributed by atoms with Crippen molar-refractivity contribution in [1.29, 1.82) is 0 Å². The van der Waals surface area contributed by atoms with Crippen LogP contribution < -0.4 is 9.77 Å². The maximum absolute atomic E-state index is 3.63. The summed E-state index contributed by atoms with van der Waals surface area (Å²) in [6.07, 6.45) is 0. The van der Waals surface area contributed by atoms with Crippen LogP contribution in [0.2, 0.25) is 0 Å². The minimum atomic E-state index is -1.29. The van der Waals surface area contributed by atoms with Crippen molar-refractivity contribution in [2.75, 3.05) is 0 Å². The number of hydrogen-bond donors (Lipinski definition) is 0. The summed E-state index contributed by atoms with van der Waals surface area (Å²) < 4.78 is 0.197. The Kier molecular flexibility index (Phi) is 4.93. The molecule has 0 aliphatic carbocycles. The number of benzene rings is 2. The maximum atomic E-state index is 3.63. The molecule has 3 heteroatoms. The van der Waals surface area contributed by atoms with E-state index in [-0.39, 0.29) is 0 Å². The van der Waals surface area contributed by atoms with E-state index in [1.165, 1.54) is 9.77 Å². The quantitative estimate of drug-likeness (QED) is 0.549. The van der Waals surface area contributed by atoms with E-state index >= 15 is 0 Å². The van der Waals surface area contributed by atoms with Gasteiger partial charge in [0.1, 0.15) is 0 Å². The van der Waals surface area contributed by atoms with Crippen LogP contribution in [0.4, 0.5) is 0 Å². The normalized spacial score (nSPS) is 14.9. The Labute approximate surface area is 130 Å². The molecular weight excluding hydrogens is 381 g/mol. The van der Waals surface area contributed by atoms with Crippen molar-refractivity contribution < 1.29 is 0 Å². The molecule has 0 fully saturated rings. The van der Waals surface area contributed by atoms with Gasteiger partial charge in [-0.15, -0.1) is 0 Å². The van der Waals surface area contributed by atoms with Crippen molar-refractivity contribution in [3.05, 3.63) is 60.7 Å². The molecule has 0 nitrogen and oxygen atoms in total. The van der Waals surface area contributed by atoms with Crippen LogP contribution in [0.3, 0.4) is 0 Å². The van der Waals surface area contributed by atoms with E-state index in [2.05, 4.69) is 96.5 Å². The molecule has 0 saturated carbocycles. The molecular formula is C16H19PSe2. The van der Waals surface area contributed by atoms with E-state index in [9.17, 15) is 0 Å². The predicted octanol–water partition coefficient (Wildman–Crippen LogP) is 3.16. The zero-order valence-electron chi connectivity index (χ0n) is 11.5. The zero-order valence-corrected chi connectivity index (χ0v) is 15.9. The Hall–Kier alpha value is -0.0910. The molecule has 0 heterocycles. The van der Waals surface area contributed by atoms with Gasteiger partial charge in [0.05, 0.1) is 0 Å². The number of hydrogen-bond acceptors (Lipinski definition) is 0. The van der Waals surface area contributed by atoms with E-state index in [0.29, 0.717) is 19.7 Å². The van der Waals surface area contributed by atoms with Gasteiger partial charge < -0.3 is 0 Å². The Bertz CT molecular complexity index is 571. The zero-order chi connectivity index (χ0) is 13.9. The summed E-state index contributed by atoms with van der Waals surface area (Å²) in [4.78, 5) is 0. The van der Waals surface area contributed by atoms with Gasteiger partial charge in [-0.1, -0.05) is 0 Å². The van der Waals surface area contributed by atoms with E-state index in [0.717, 1.165) is 0 Å². The van der Waals surface area contributed by atoms with Crippen molar-refractivity contribution in [3.8, 4) is 0 Å². The Morgan fingerprint density at radius 2 is 1.32 bits per heavy atom. The summed E-state index contributed by atoms with van der Waals surface area (Å²) in [5, 5.41) is 1.80. The van der Waals surface area contributed by atoms with Gasteiger partial charge in [-0.05, 0) is 0 Å². The van der Waals surface area contributed by atoms with Gasteiger partial charge in [0.25, 0.3) is 0 Å². The number of rotatable bonds is 3. The second kappa shape index (κ2) is 6.13. The standard InChI is InChI=1S/C16H19PSe2/c1-16(2,3)17(18,14-10-6-4-7-11-14)19-15-12-8-5-9-13-15/h4-13H,1-3H3. The fraction of sp³-hybridized carbons (Fsp3) is 0.250. The van der Waals surface area contributed by atoms with Gasteiger partial charge in [-0.3, -0.25) is 0 Å². The molecule has 0 aromatic heterocycles. The molecule has 0 N–H and O–H groups in total. The Morgan fingerprint density at radius 1 is 0.842 bits per heavy atom. The van der Waals surface area contributed by atoms with E-state index < -0.39 is 4.20 Å². The van der Waals surface area contributed by atoms with Crippen LogP contribution in [0.25, 0.3) is 0 Å². The van der Waals surface area contributed by atoms with Crippen molar-refractivity contribution in [1.82, 2.24) is 0 Å². The summed E-state index contributed by atoms with van der Waals surface area (Å²) in [7, 11) is 0. The molecule has 0 spiro atoms. The third kappa shape index (κ3) is 3.52. The first-order valence-electron chi connectivity index (χ1n) is 6.34. The van der Waals surface area contributed by atoms with Gasteiger partial charge in [0, 0.05) is 0 Å². The molecule has 0 aliphatic rings. The molecule has 100 valence electrons. The van der Waals surface area contributed by atoms with Crippen LogP contribution in [-0.4, -0.2) is 34.8 Å². The summed E-state index contributed by atoms with van der Waals surface area (Å²) in [5.41, 5.74) is 0. The Balaban J connectivity index is 2.46. The molecule has 0 amide bonds.